The molecule has 5 heteroatoms. The molecule has 2 rings (SSSR count). The molecule has 2 fully saturated rings. The smallest absolute Gasteiger partial charge is 0.315 e. The highest BCUT2D eigenvalue weighted by atomic mass is 16.2. The van der Waals surface area contributed by atoms with Crippen LogP contribution in [0.5, 0.6) is 0 Å². The van der Waals surface area contributed by atoms with E-state index in [0.717, 1.165) is 13.1 Å². The summed E-state index contributed by atoms with van der Waals surface area (Å²) >= 11 is 0. The van der Waals surface area contributed by atoms with Gasteiger partial charge in [-0.1, -0.05) is 6.92 Å². The number of nitrogens with zero attached hydrogens (tertiary/aromatic N) is 2. The summed E-state index contributed by atoms with van der Waals surface area (Å²) in [7, 11) is 0. The largest absolute Gasteiger partial charge is 0.327 e. The maximum absolute atomic E-state index is 12.0. The highest BCUT2D eigenvalue weighted by molar-refractivity contribution is 6.02. The molecular formula is C11H19N3O2. The molecule has 0 unspecified atom stereocenters. The van der Waals surface area contributed by atoms with Crippen molar-refractivity contribution in [3.8, 4) is 0 Å². The summed E-state index contributed by atoms with van der Waals surface area (Å²) in [5.74, 6) is -0.0631. The quantitative estimate of drug-likeness (QED) is 0.701. The van der Waals surface area contributed by atoms with E-state index in [-0.39, 0.29) is 29.9 Å². The zero-order valence-corrected chi connectivity index (χ0v) is 10.1. The van der Waals surface area contributed by atoms with Gasteiger partial charge in [0.15, 0.2) is 0 Å². The number of carbonyl (C=O) groups excluding carboxylic acids is 2. The first-order chi connectivity index (χ1) is 7.43. The normalized spacial score (nSPS) is 24.2. The van der Waals surface area contributed by atoms with Crippen LogP contribution in [0.15, 0.2) is 0 Å². The molecule has 0 aromatic heterocycles. The standard InChI is InChI=1S/C11H19N3O2/c1-8(2)13-4-9(15)14(10(13)16)7-11(3)5-12-6-11/h8,12H,4-7H2,1-3H3. The Kier molecular flexibility index (Phi) is 2.66. The zero-order chi connectivity index (χ0) is 11.9. The number of carbonyl (C=O) groups is 2. The first-order valence-corrected chi connectivity index (χ1v) is 5.75. The van der Waals surface area contributed by atoms with Gasteiger partial charge in [0.2, 0.25) is 5.91 Å². The lowest BCUT2D eigenvalue weighted by Crippen LogP contribution is -2.58. The SMILES string of the molecule is CC(C)N1CC(=O)N(CC2(C)CNC2)C1=O. The minimum absolute atomic E-state index is 0.0631. The third-order valence-corrected chi connectivity index (χ3v) is 3.35. The molecule has 16 heavy (non-hydrogen) atoms. The fourth-order valence-corrected chi connectivity index (χ4v) is 2.16. The highest BCUT2D eigenvalue weighted by Crippen LogP contribution is 2.25. The van der Waals surface area contributed by atoms with Crippen LogP contribution in [-0.2, 0) is 4.79 Å². The van der Waals surface area contributed by atoms with E-state index in [1.807, 2.05) is 13.8 Å². The third-order valence-electron chi connectivity index (χ3n) is 3.35. The van der Waals surface area contributed by atoms with E-state index in [4.69, 9.17) is 0 Å². The summed E-state index contributed by atoms with van der Waals surface area (Å²) < 4.78 is 0. The van der Waals surface area contributed by atoms with Gasteiger partial charge < -0.3 is 10.2 Å². The van der Waals surface area contributed by atoms with Crippen molar-refractivity contribution < 1.29 is 9.59 Å². The molecule has 5 nitrogen and oxygen atoms in total. The van der Waals surface area contributed by atoms with Gasteiger partial charge in [0.25, 0.3) is 0 Å². The molecule has 90 valence electrons. The second-order valence-corrected chi connectivity index (χ2v) is 5.40. The van der Waals surface area contributed by atoms with Crippen LogP contribution in [0.1, 0.15) is 20.8 Å². The van der Waals surface area contributed by atoms with E-state index < -0.39 is 0 Å². The maximum Gasteiger partial charge on any atom is 0.327 e. The first-order valence-electron chi connectivity index (χ1n) is 5.75. The average Bonchev–Trinajstić information content (AvgIpc) is 2.43. The summed E-state index contributed by atoms with van der Waals surface area (Å²) in [6, 6.07) is -0.0399. The van der Waals surface area contributed by atoms with E-state index in [9.17, 15) is 9.59 Å². The van der Waals surface area contributed by atoms with Crippen molar-refractivity contribution >= 4 is 11.9 Å². The van der Waals surface area contributed by atoms with Crippen LogP contribution >= 0.6 is 0 Å². The van der Waals surface area contributed by atoms with Gasteiger partial charge >= 0.3 is 6.03 Å². The summed E-state index contributed by atoms with van der Waals surface area (Å²) in [4.78, 5) is 26.8. The van der Waals surface area contributed by atoms with E-state index in [1.54, 1.807) is 4.90 Å². The van der Waals surface area contributed by atoms with Crippen LogP contribution < -0.4 is 5.32 Å². The lowest BCUT2D eigenvalue weighted by molar-refractivity contribution is -0.126. The first kappa shape index (κ1) is 11.4. The molecule has 0 saturated carbocycles. The molecule has 0 aliphatic carbocycles. The molecular weight excluding hydrogens is 206 g/mol. The molecule has 3 amide bonds. The summed E-state index contributed by atoms with van der Waals surface area (Å²) in [5.41, 5.74) is 0.0678. The fourth-order valence-electron chi connectivity index (χ4n) is 2.16. The number of hydrogen-bond acceptors (Lipinski definition) is 3. The van der Waals surface area contributed by atoms with Crippen LogP contribution in [0.2, 0.25) is 0 Å². The number of nitrogens with one attached hydrogen (secondary N) is 1. The number of hydrogen-bond donors (Lipinski definition) is 1. The van der Waals surface area contributed by atoms with E-state index in [1.165, 1.54) is 4.90 Å². The third kappa shape index (κ3) is 1.80. The Bertz CT molecular complexity index is 323. The summed E-state index contributed by atoms with van der Waals surface area (Å²) in [5, 5.41) is 3.18. The second-order valence-electron chi connectivity index (χ2n) is 5.40. The summed E-state index contributed by atoms with van der Waals surface area (Å²) in [6.07, 6.45) is 0. The van der Waals surface area contributed by atoms with Crippen molar-refractivity contribution in [3.63, 3.8) is 0 Å². The van der Waals surface area contributed by atoms with Gasteiger partial charge in [-0.2, -0.15) is 0 Å². The zero-order valence-electron chi connectivity index (χ0n) is 10.1. The minimum Gasteiger partial charge on any atom is -0.315 e. The van der Waals surface area contributed by atoms with Crippen LogP contribution in [0.4, 0.5) is 4.79 Å². The highest BCUT2D eigenvalue weighted by Gasteiger charge is 2.43. The fraction of sp³-hybridized carbons (Fsp3) is 0.818. The lowest BCUT2D eigenvalue weighted by atomic mass is 9.84. The van der Waals surface area contributed by atoms with Crippen LogP contribution in [0.3, 0.4) is 0 Å². The van der Waals surface area contributed by atoms with Gasteiger partial charge in [0.1, 0.15) is 6.54 Å². The van der Waals surface area contributed by atoms with Gasteiger partial charge in [-0.05, 0) is 13.8 Å². The minimum atomic E-state index is -0.131. The van der Waals surface area contributed by atoms with Crippen LogP contribution in [0, 0.1) is 5.41 Å². The Hall–Kier alpha value is -1.10. The summed E-state index contributed by atoms with van der Waals surface area (Å²) in [6.45, 7) is 8.50. The molecule has 2 heterocycles. The Morgan fingerprint density at radius 2 is 2.00 bits per heavy atom. The van der Waals surface area contributed by atoms with E-state index in [2.05, 4.69) is 12.2 Å². The number of amides is 3. The van der Waals surface area contributed by atoms with Crippen LogP contribution in [-0.4, -0.2) is 54.0 Å². The Labute approximate surface area is 95.8 Å². The molecule has 1 N–H and O–H groups in total. The van der Waals surface area contributed by atoms with Crippen molar-refractivity contribution in [1.29, 1.82) is 0 Å². The average molecular weight is 225 g/mol. The van der Waals surface area contributed by atoms with E-state index >= 15 is 0 Å². The molecule has 0 aromatic rings. The second kappa shape index (κ2) is 3.73. The van der Waals surface area contributed by atoms with Gasteiger partial charge in [-0.3, -0.25) is 9.69 Å². The molecule has 0 atom stereocenters. The maximum atomic E-state index is 12.0. The van der Waals surface area contributed by atoms with Crippen molar-refractivity contribution in [3.05, 3.63) is 0 Å². The Balaban J connectivity index is 2.05. The van der Waals surface area contributed by atoms with Crippen molar-refractivity contribution in [2.75, 3.05) is 26.2 Å². The Morgan fingerprint density at radius 1 is 1.38 bits per heavy atom. The van der Waals surface area contributed by atoms with Gasteiger partial charge in [-0.15, -0.1) is 0 Å². The molecule has 0 bridgehead atoms. The van der Waals surface area contributed by atoms with Crippen molar-refractivity contribution in [1.82, 2.24) is 15.1 Å². The molecule has 2 saturated heterocycles. The van der Waals surface area contributed by atoms with Gasteiger partial charge in [0, 0.05) is 31.1 Å². The molecule has 2 aliphatic rings. The molecule has 0 spiro atoms. The van der Waals surface area contributed by atoms with Crippen LogP contribution in [0.25, 0.3) is 0 Å². The van der Waals surface area contributed by atoms with Gasteiger partial charge in [-0.25, -0.2) is 4.79 Å². The predicted molar refractivity (Wildman–Crippen MR) is 59.9 cm³/mol. The monoisotopic (exact) mass is 225 g/mol. The number of rotatable bonds is 3. The number of imide groups is 1. The molecule has 2 aliphatic heterocycles. The van der Waals surface area contributed by atoms with Gasteiger partial charge in [0.05, 0.1) is 0 Å². The van der Waals surface area contributed by atoms with Crippen molar-refractivity contribution in [2.24, 2.45) is 5.41 Å². The number of urea groups is 1. The molecule has 0 radical (unpaired) electrons. The lowest BCUT2D eigenvalue weighted by Gasteiger charge is -2.41. The Morgan fingerprint density at radius 3 is 2.38 bits per heavy atom. The van der Waals surface area contributed by atoms with Crippen molar-refractivity contribution in [2.45, 2.75) is 26.8 Å². The topological polar surface area (TPSA) is 52.7 Å². The predicted octanol–water partition coefficient (Wildman–Crippen LogP) is 0.269. The molecule has 0 aromatic carbocycles. The van der Waals surface area contributed by atoms with E-state index in [0.29, 0.717) is 6.54 Å².